The van der Waals surface area contributed by atoms with E-state index >= 15 is 0 Å². The summed E-state index contributed by atoms with van der Waals surface area (Å²) in [5.74, 6) is -0.698. The third kappa shape index (κ3) is 5.63. The van der Waals surface area contributed by atoms with E-state index in [2.05, 4.69) is 5.32 Å². The number of piperazine rings is 1. The minimum atomic E-state index is -0.402. The second kappa shape index (κ2) is 10.6. The molecule has 0 radical (unpaired) electrons. The van der Waals surface area contributed by atoms with Gasteiger partial charge in [-0.2, -0.15) is 0 Å². The van der Waals surface area contributed by atoms with Crippen LogP contribution in [-0.4, -0.2) is 65.4 Å². The first-order chi connectivity index (χ1) is 16.9. The Morgan fingerprint density at radius 2 is 1.63 bits per heavy atom. The molecule has 4 rings (SSSR count). The summed E-state index contributed by atoms with van der Waals surface area (Å²) in [6.07, 6.45) is 1.66. The summed E-state index contributed by atoms with van der Waals surface area (Å²) in [4.78, 5) is 41.7. The van der Waals surface area contributed by atoms with Crippen molar-refractivity contribution < 1.29 is 23.5 Å². The fourth-order valence-electron chi connectivity index (χ4n) is 3.92. The Bertz CT molecular complexity index is 1240. The first-order valence-electron chi connectivity index (χ1n) is 11.0. The lowest BCUT2D eigenvalue weighted by molar-refractivity contribution is -0.116. The average molecular weight is 499 g/mol. The molecule has 3 amide bonds. The van der Waals surface area contributed by atoms with Gasteiger partial charge < -0.3 is 24.4 Å². The molecule has 1 fully saturated rings. The van der Waals surface area contributed by atoms with Crippen molar-refractivity contribution in [2.24, 2.45) is 0 Å². The van der Waals surface area contributed by atoms with Crippen LogP contribution in [-0.2, 0) is 11.3 Å². The second-order valence-electron chi connectivity index (χ2n) is 8.01. The van der Waals surface area contributed by atoms with Gasteiger partial charge in [0.2, 0.25) is 5.91 Å². The third-order valence-corrected chi connectivity index (χ3v) is 5.98. The lowest BCUT2D eigenvalue weighted by Crippen LogP contribution is -2.51. The van der Waals surface area contributed by atoms with Gasteiger partial charge in [0.1, 0.15) is 23.8 Å². The van der Waals surface area contributed by atoms with Crippen molar-refractivity contribution in [1.29, 1.82) is 0 Å². The first-order valence-corrected chi connectivity index (χ1v) is 11.4. The molecule has 0 bridgehead atoms. The van der Waals surface area contributed by atoms with Crippen LogP contribution in [0.4, 0.5) is 10.1 Å². The molecule has 0 spiro atoms. The lowest BCUT2D eigenvalue weighted by atomic mass is 10.1. The number of nitrogens with one attached hydrogen (secondary N) is 1. The molecule has 0 saturated carbocycles. The van der Waals surface area contributed by atoms with Gasteiger partial charge in [-0.05, 0) is 54.6 Å². The predicted molar refractivity (Wildman–Crippen MR) is 129 cm³/mol. The number of carbonyl (C=O) groups is 3. The van der Waals surface area contributed by atoms with E-state index in [-0.39, 0.29) is 24.3 Å². The number of hydrogen-bond donors (Lipinski definition) is 1. The van der Waals surface area contributed by atoms with Gasteiger partial charge >= 0.3 is 0 Å². The summed E-state index contributed by atoms with van der Waals surface area (Å²) >= 11 is 6.02. The quantitative estimate of drug-likeness (QED) is 0.563. The first kappa shape index (κ1) is 24.3. The van der Waals surface area contributed by atoms with Crippen molar-refractivity contribution in [2.45, 2.75) is 6.54 Å². The maximum Gasteiger partial charge on any atom is 0.270 e. The number of halogens is 2. The number of rotatable bonds is 6. The maximum atomic E-state index is 13.1. The highest BCUT2D eigenvalue weighted by Gasteiger charge is 2.27. The Kier molecular flexibility index (Phi) is 7.36. The van der Waals surface area contributed by atoms with E-state index in [1.54, 1.807) is 50.9 Å². The van der Waals surface area contributed by atoms with Crippen molar-refractivity contribution in [3.63, 3.8) is 0 Å². The van der Waals surface area contributed by atoms with Crippen LogP contribution in [0, 0.1) is 5.82 Å². The summed E-state index contributed by atoms with van der Waals surface area (Å²) in [6, 6.07) is 13.7. The van der Waals surface area contributed by atoms with E-state index in [1.165, 1.54) is 31.4 Å². The molecule has 182 valence electrons. The lowest BCUT2D eigenvalue weighted by Gasteiger charge is -2.35. The molecule has 1 aromatic heterocycles. The van der Waals surface area contributed by atoms with Gasteiger partial charge in [-0.1, -0.05) is 11.6 Å². The average Bonchev–Trinajstić information content (AvgIpc) is 3.31. The monoisotopic (exact) mass is 498 g/mol. The SMILES string of the molecule is COc1ccc(Cl)cc1NC(=O)Cn1cccc1C(=O)N1CCN(C(=O)c2ccc(F)cc2)CC1. The normalized spacial score (nSPS) is 13.5. The van der Waals surface area contributed by atoms with Gasteiger partial charge in [-0.3, -0.25) is 14.4 Å². The van der Waals surface area contributed by atoms with E-state index in [9.17, 15) is 18.8 Å². The molecule has 8 nitrogen and oxygen atoms in total. The van der Waals surface area contributed by atoms with Crippen LogP contribution >= 0.6 is 11.6 Å². The van der Waals surface area contributed by atoms with E-state index in [0.29, 0.717) is 53.9 Å². The number of aromatic nitrogens is 1. The summed E-state index contributed by atoms with van der Waals surface area (Å²) in [5, 5.41) is 3.22. The molecule has 35 heavy (non-hydrogen) atoms. The molecule has 1 saturated heterocycles. The van der Waals surface area contributed by atoms with Crippen LogP contribution in [0.5, 0.6) is 5.75 Å². The van der Waals surface area contributed by atoms with Crippen molar-refractivity contribution in [3.8, 4) is 5.75 Å². The molecule has 1 aliphatic rings. The Morgan fingerprint density at radius 1 is 0.971 bits per heavy atom. The summed E-state index contributed by atoms with van der Waals surface area (Å²) in [7, 11) is 1.49. The van der Waals surface area contributed by atoms with Gasteiger partial charge in [0, 0.05) is 43.0 Å². The van der Waals surface area contributed by atoms with Crippen LogP contribution in [0.2, 0.25) is 5.02 Å². The maximum absolute atomic E-state index is 13.1. The molecule has 0 atom stereocenters. The molecule has 1 aliphatic heterocycles. The highest BCUT2D eigenvalue weighted by atomic mass is 35.5. The Morgan fingerprint density at radius 3 is 2.29 bits per heavy atom. The molecule has 2 aromatic carbocycles. The molecular formula is C25H24ClFN4O4. The number of anilines is 1. The number of carbonyl (C=O) groups excluding carboxylic acids is 3. The number of amides is 3. The van der Waals surface area contributed by atoms with Crippen molar-refractivity contribution in [1.82, 2.24) is 14.4 Å². The fraction of sp³-hybridized carbons (Fsp3) is 0.240. The zero-order valence-corrected chi connectivity index (χ0v) is 19.8. The van der Waals surface area contributed by atoms with Crippen LogP contribution in [0.15, 0.2) is 60.8 Å². The second-order valence-corrected chi connectivity index (χ2v) is 8.44. The zero-order chi connectivity index (χ0) is 24.9. The van der Waals surface area contributed by atoms with Crippen molar-refractivity contribution in [3.05, 3.63) is 82.9 Å². The summed E-state index contributed by atoms with van der Waals surface area (Å²) < 4.78 is 20.0. The Balaban J connectivity index is 1.36. The Hall–Kier alpha value is -3.85. The summed E-state index contributed by atoms with van der Waals surface area (Å²) in [6.45, 7) is 1.34. The van der Waals surface area contributed by atoms with Gasteiger partial charge in [0.15, 0.2) is 0 Å². The number of hydrogen-bond acceptors (Lipinski definition) is 4. The minimum Gasteiger partial charge on any atom is -0.495 e. The van der Waals surface area contributed by atoms with E-state index in [4.69, 9.17) is 16.3 Å². The van der Waals surface area contributed by atoms with Gasteiger partial charge in [-0.15, -0.1) is 0 Å². The van der Waals surface area contributed by atoms with Gasteiger partial charge in [-0.25, -0.2) is 4.39 Å². The molecule has 10 heteroatoms. The van der Waals surface area contributed by atoms with E-state index < -0.39 is 5.82 Å². The van der Waals surface area contributed by atoms with E-state index in [1.807, 2.05) is 0 Å². The van der Waals surface area contributed by atoms with Crippen molar-refractivity contribution in [2.75, 3.05) is 38.6 Å². The van der Waals surface area contributed by atoms with Crippen LogP contribution < -0.4 is 10.1 Å². The number of benzene rings is 2. The number of methoxy groups -OCH3 is 1. The Labute approximate surface area is 206 Å². The van der Waals surface area contributed by atoms with Crippen LogP contribution in [0.25, 0.3) is 0 Å². The zero-order valence-electron chi connectivity index (χ0n) is 19.0. The van der Waals surface area contributed by atoms with Crippen LogP contribution in [0.3, 0.4) is 0 Å². The van der Waals surface area contributed by atoms with Crippen LogP contribution in [0.1, 0.15) is 20.8 Å². The topological polar surface area (TPSA) is 83.9 Å². The van der Waals surface area contributed by atoms with Gasteiger partial charge in [0.05, 0.1) is 12.8 Å². The molecule has 0 unspecified atom stereocenters. The molecular weight excluding hydrogens is 475 g/mol. The third-order valence-electron chi connectivity index (χ3n) is 5.74. The molecule has 2 heterocycles. The predicted octanol–water partition coefficient (Wildman–Crippen LogP) is 3.53. The highest BCUT2D eigenvalue weighted by Crippen LogP contribution is 2.27. The van der Waals surface area contributed by atoms with Crippen molar-refractivity contribution >= 4 is 35.0 Å². The highest BCUT2D eigenvalue weighted by molar-refractivity contribution is 6.31. The fourth-order valence-corrected chi connectivity index (χ4v) is 4.09. The van der Waals surface area contributed by atoms with Gasteiger partial charge in [0.25, 0.3) is 11.8 Å². The largest absolute Gasteiger partial charge is 0.495 e. The molecule has 3 aromatic rings. The number of ether oxygens (including phenoxy) is 1. The number of nitrogens with zero attached hydrogens (tertiary/aromatic N) is 3. The molecule has 1 N–H and O–H groups in total. The standard InChI is InChI=1S/C25H24ClFN4O4/c1-35-22-9-6-18(26)15-20(22)28-23(32)16-31-10-2-3-21(31)25(34)30-13-11-29(12-14-30)24(33)17-4-7-19(27)8-5-17/h2-10,15H,11-14,16H2,1H3,(H,28,32). The smallest absolute Gasteiger partial charge is 0.270 e. The minimum absolute atomic E-state index is 0.0766. The molecule has 0 aliphatic carbocycles. The summed E-state index contributed by atoms with van der Waals surface area (Å²) in [5.41, 5.74) is 1.21. The van der Waals surface area contributed by atoms with E-state index in [0.717, 1.165) is 0 Å².